The molecule has 0 aliphatic heterocycles. The van der Waals surface area contributed by atoms with Gasteiger partial charge in [-0.25, -0.2) is 0 Å². The Morgan fingerprint density at radius 1 is 0.391 bits per heavy atom. The number of nitrogens with two attached hydrogens (primary N) is 4. The van der Waals surface area contributed by atoms with Gasteiger partial charge in [-0.15, -0.1) is 0 Å². The fourth-order valence-electron chi connectivity index (χ4n) is 8.32. The van der Waals surface area contributed by atoms with E-state index in [-0.39, 0.29) is 33.5 Å². The van der Waals surface area contributed by atoms with Crippen molar-refractivity contribution in [2.45, 2.75) is 131 Å². The lowest BCUT2D eigenvalue weighted by Gasteiger charge is -2.60. The highest BCUT2D eigenvalue weighted by molar-refractivity contribution is 5.44. The van der Waals surface area contributed by atoms with Crippen LogP contribution < -0.4 is 22.9 Å². The van der Waals surface area contributed by atoms with Gasteiger partial charge in [0.2, 0.25) is 0 Å². The highest BCUT2D eigenvalue weighted by atomic mass is 14.9. The van der Waals surface area contributed by atoms with E-state index in [1.807, 2.05) is 0 Å². The van der Waals surface area contributed by atoms with Gasteiger partial charge in [-0.2, -0.15) is 0 Å². The number of hydrogen-bond donors (Lipinski definition) is 4. The van der Waals surface area contributed by atoms with Gasteiger partial charge >= 0.3 is 0 Å². The van der Waals surface area contributed by atoms with Crippen molar-refractivity contribution in [2.24, 2.45) is 56.4 Å². The van der Waals surface area contributed by atoms with Crippen molar-refractivity contribution in [3.8, 4) is 0 Å². The Kier molecular flexibility index (Phi) is 9.32. The van der Waals surface area contributed by atoms with Crippen LogP contribution in [0.4, 0.5) is 0 Å². The van der Waals surface area contributed by atoms with E-state index in [4.69, 9.17) is 22.9 Å². The molecule has 8 N–H and O–H groups in total. The molecule has 4 heteroatoms. The van der Waals surface area contributed by atoms with Crippen LogP contribution >= 0.6 is 0 Å². The Balaban J connectivity index is 2.03. The number of rotatable bonds is 5. The number of allylic oxidation sites excluding steroid dienone is 8. The second-order valence-corrected chi connectivity index (χ2v) is 19.3. The molecule has 4 atom stereocenters. The first-order chi connectivity index (χ1) is 20.7. The summed E-state index contributed by atoms with van der Waals surface area (Å²) in [6.07, 6.45) is 29.2. The molecule has 0 aromatic rings. The van der Waals surface area contributed by atoms with Crippen molar-refractivity contribution < 1.29 is 0 Å². The summed E-state index contributed by atoms with van der Waals surface area (Å²) >= 11 is 0. The molecule has 0 fully saturated rings. The Morgan fingerprint density at radius 2 is 0.565 bits per heavy atom. The summed E-state index contributed by atoms with van der Waals surface area (Å²) < 4.78 is 0. The molecule has 4 nitrogen and oxygen atoms in total. The van der Waals surface area contributed by atoms with Crippen molar-refractivity contribution in [1.29, 1.82) is 0 Å². The normalized spacial score (nSPS) is 33.7. The molecule has 4 unspecified atom stereocenters. The lowest BCUT2D eigenvalue weighted by atomic mass is 9.48. The third-order valence-electron chi connectivity index (χ3n) is 11.3. The van der Waals surface area contributed by atoms with Crippen molar-refractivity contribution in [3.63, 3.8) is 0 Å². The summed E-state index contributed by atoms with van der Waals surface area (Å²) in [5, 5.41) is 0. The molecule has 0 heterocycles. The predicted octanol–water partition coefficient (Wildman–Crippen LogP) is 8.74. The molecule has 0 saturated heterocycles. The molecule has 0 aromatic carbocycles. The minimum atomic E-state index is -0.798. The van der Waals surface area contributed by atoms with Crippen LogP contribution in [0.1, 0.15) is 109 Å². The molecule has 46 heavy (non-hydrogen) atoms. The summed E-state index contributed by atoms with van der Waals surface area (Å²) in [6.45, 7) is 27.3. The average Bonchev–Trinajstić information content (AvgIpc) is 2.89. The standard InChI is InChI=1S/C42H66N4/c1-35(2,3)29-17-13-21-39(43,25-29)33(40(44)22-14-18-30(26-40)36(4,5)6)34(41(45)23-15-19-31(27-41)37(7,8)9)42(46)24-16-20-32(28-42)38(10,11)12/h13-24,33-34H,25-28,43-46H2,1-12H3. The zero-order valence-electron chi connectivity index (χ0n) is 31.2. The van der Waals surface area contributed by atoms with E-state index in [0.29, 0.717) is 25.7 Å². The van der Waals surface area contributed by atoms with Crippen LogP contribution in [-0.2, 0) is 0 Å². The third kappa shape index (κ3) is 7.26. The van der Waals surface area contributed by atoms with Crippen LogP contribution in [0.15, 0.2) is 95.2 Å². The average molecular weight is 627 g/mol. The molecule has 0 aromatic heterocycles. The minimum Gasteiger partial charge on any atom is -0.321 e. The second kappa shape index (κ2) is 11.7. The largest absolute Gasteiger partial charge is 0.321 e. The van der Waals surface area contributed by atoms with E-state index >= 15 is 0 Å². The van der Waals surface area contributed by atoms with E-state index in [1.165, 1.54) is 22.3 Å². The molecule has 4 aliphatic carbocycles. The third-order valence-corrected chi connectivity index (χ3v) is 11.3. The number of hydrogen-bond acceptors (Lipinski definition) is 4. The van der Waals surface area contributed by atoms with Crippen molar-refractivity contribution in [1.82, 2.24) is 0 Å². The monoisotopic (exact) mass is 627 g/mol. The van der Waals surface area contributed by atoms with Crippen LogP contribution in [-0.4, -0.2) is 22.2 Å². The summed E-state index contributed by atoms with van der Waals surface area (Å²) in [5.41, 5.74) is 33.4. The van der Waals surface area contributed by atoms with E-state index in [0.717, 1.165) is 0 Å². The lowest BCUT2D eigenvalue weighted by Crippen LogP contribution is -2.73. The van der Waals surface area contributed by atoms with Gasteiger partial charge in [-0.1, -0.05) is 178 Å². The van der Waals surface area contributed by atoms with Gasteiger partial charge in [0, 0.05) is 34.0 Å². The Bertz CT molecular complexity index is 1220. The zero-order valence-corrected chi connectivity index (χ0v) is 31.2. The van der Waals surface area contributed by atoms with E-state index in [1.54, 1.807) is 0 Å². The fraction of sp³-hybridized carbons (Fsp3) is 0.619. The summed E-state index contributed by atoms with van der Waals surface area (Å²) in [7, 11) is 0. The molecule has 4 rings (SSSR count). The topological polar surface area (TPSA) is 104 Å². The fourth-order valence-corrected chi connectivity index (χ4v) is 8.32. The molecule has 0 radical (unpaired) electrons. The molecular weight excluding hydrogens is 560 g/mol. The van der Waals surface area contributed by atoms with Gasteiger partial charge in [0.15, 0.2) is 0 Å². The Labute approximate surface area is 282 Å². The first-order valence-corrected chi connectivity index (χ1v) is 17.4. The summed E-state index contributed by atoms with van der Waals surface area (Å²) in [4.78, 5) is 0. The molecule has 0 spiro atoms. The molecule has 0 amide bonds. The van der Waals surface area contributed by atoms with Crippen LogP contribution in [0.2, 0.25) is 0 Å². The first kappa shape index (κ1) is 36.6. The Hall–Kier alpha value is -2.24. The SMILES string of the molecule is CC(C)(C)C1=CC=CC(N)(C(C(C2(N)C=CC=C(C(C)(C)C)C2)C2(N)C=CC=C(C(C)(C)C)C2)C2(N)C=CC=C(C(C)(C)C)C2)C1. The first-order valence-electron chi connectivity index (χ1n) is 17.4. The molecule has 4 aliphatic rings. The van der Waals surface area contributed by atoms with Crippen molar-refractivity contribution >= 4 is 0 Å². The zero-order chi connectivity index (χ0) is 34.8. The van der Waals surface area contributed by atoms with Crippen molar-refractivity contribution in [3.05, 3.63) is 95.2 Å². The van der Waals surface area contributed by atoms with E-state index < -0.39 is 22.2 Å². The molecule has 0 bridgehead atoms. The van der Waals surface area contributed by atoms with Gasteiger partial charge in [0.25, 0.3) is 0 Å². The Morgan fingerprint density at radius 3 is 0.717 bits per heavy atom. The van der Waals surface area contributed by atoms with E-state index in [2.05, 4.69) is 156 Å². The molecule has 254 valence electrons. The second-order valence-electron chi connectivity index (χ2n) is 19.3. The smallest absolute Gasteiger partial charge is 0.0433 e. The lowest BCUT2D eigenvalue weighted by molar-refractivity contribution is 0.0461. The molecule has 0 saturated carbocycles. The van der Waals surface area contributed by atoms with Gasteiger partial charge in [0.05, 0.1) is 0 Å². The molecular formula is C42H66N4. The van der Waals surface area contributed by atoms with E-state index in [9.17, 15) is 0 Å². The van der Waals surface area contributed by atoms with Gasteiger partial charge in [-0.05, 0) is 47.3 Å². The maximum absolute atomic E-state index is 7.88. The van der Waals surface area contributed by atoms with Crippen LogP contribution in [0.3, 0.4) is 0 Å². The maximum Gasteiger partial charge on any atom is 0.0433 e. The quantitative estimate of drug-likeness (QED) is 0.245. The minimum absolute atomic E-state index is 0.0450. The van der Waals surface area contributed by atoms with Gasteiger partial charge in [0.1, 0.15) is 0 Å². The maximum atomic E-state index is 7.88. The van der Waals surface area contributed by atoms with Gasteiger partial charge < -0.3 is 22.9 Å². The van der Waals surface area contributed by atoms with Crippen LogP contribution in [0.5, 0.6) is 0 Å². The van der Waals surface area contributed by atoms with Gasteiger partial charge in [-0.3, -0.25) is 0 Å². The summed E-state index contributed by atoms with van der Waals surface area (Å²) in [5.74, 6) is -0.597. The van der Waals surface area contributed by atoms with Crippen LogP contribution in [0, 0.1) is 33.5 Å². The highest BCUT2D eigenvalue weighted by Gasteiger charge is 2.61. The predicted molar refractivity (Wildman–Crippen MR) is 200 cm³/mol. The van der Waals surface area contributed by atoms with Crippen LogP contribution in [0.25, 0.3) is 0 Å². The van der Waals surface area contributed by atoms with Crippen molar-refractivity contribution in [2.75, 3.05) is 0 Å². The highest BCUT2D eigenvalue weighted by Crippen LogP contribution is 2.55. The summed E-state index contributed by atoms with van der Waals surface area (Å²) in [6, 6.07) is 0.